The number of anilines is 1. The number of rotatable bonds is 8. The number of carbonyl (C=O) groups is 1. The molecule has 0 aliphatic heterocycles. The minimum atomic E-state index is -3.63. The van der Waals surface area contributed by atoms with Gasteiger partial charge in [-0.2, -0.15) is 0 Å². The van der Waals surface area contributed by atoms with E-state index in [0.717, 1.165) is 27.4 Å². The molecule has 0 spiro atoms. The van der Waals surface area contributed by atoms with Gasteiger partial charge in [-0.1, -0.05) is 35.9 Å². The first-order chi connectivity index (χ1) is 13.1. The van der Waals surface area contributed by atoms with E-state index < -0.39 is 16.1 Å². The van der Waals surface area contributed by atoms with Gasteiger partial charge in [0.15, 0.2) is 0 Å². The monoisotopic (exact) mass is 404 g/mol. The van der Waals surface area contributed by atoms with Crippen molar-refractivity contribution in [3.8, 4) is 5.75 Å². The molecule has 1 amide bonds. The van der Waals surface area contributed by atoms with Crippen LogP contribution in [-0.4, -0.2) is 39.3 Å². The second kappa shape index (κ2) is 9.10. The van der Waals surface area contributed by atoms with Crippen molar-refractivity contribution in [2.45, 2.75) is 39.8 Å². The van der Waals surface area contributed by atoms with Crippen molar-refractivity contribution < 1.29 is 17.9 Å². The lowest BCUT2D eigenvalue weighted by atomic mass is 10.2. The lowest BCUT2D eigenvalue weighted by molar-refractivity contribution is -0.122. The Kier molecular flexibility index (Phi) is 7.07. The molecule has 0 aliphatic carbocycles. The summed E-state index contributed by atoms with van der Waals surface area (Å²) in [6.07, 6.45) is 1.10. The maximum Gasteiger partial charge on any atom is 0.243 e. The molecule has 0 bridgehead atoms. The number of aryl methyl sites for hydroxylation is 2. The van der Waals surface area contributed by atoms with Gasteiger partial charge in [-0.3, -0.25) is 9.10 Å². The minimum absolute atomic E-state index is 0.283. The third kappa shape index (κ3) is 5.73. The van der Waals surface area contributed by atoms with Crippen molar-refractivity contribution in [1.29, 1.82) is 0 Å². The van der Waals surface area contributed by atoms with Crippen LogP contribution in [0.1, 0.15) is 25.0 Å². The Bertz CT molecular complexity index is 910. The molecule has 0 aliphatic rings. The molecule has 0 heterocycles. The predicted octanol–water partition coefficient (Wildman–Crippen LogP) is 3.04. The number of benzene rings is 2. The summed E-state index contributed by atoms with van der Waals surface area (Å²) in [5, 5.41) is 2.83. The summed E-state index contributed by atoms with van der Waals surface area (Å²) >= 11 is 0. The normalized spacial score (nSPS) is 13.5. The van der Waals surface area contributed by atoms with E-state index in [4.69, 9.17) is 4.74 Å². The highest BCUT2D eigenvalue weighted by atomic mass is 32.2. The Labute approximate surface area is 167 Å². The second-order valence-electron chi connectivity index (χ2n) is 7.06. The Morgan fingerprint density at radius 3 is 2.25 bits per heavy atom. The number of hydrogen-bond acceptors (Lipinski definition) is 4. The van der Waals surface area contributed by atoms with Gasteiger partial charge in [0.25, 0.3) is 0 Å². The fourth-order valence-electron chi connectivity index (χ4n) is 2.84. The van der Waals surface area contributed by atoms with Gasteiger partial charge < -0.3 is 10.1 Å². The fraction of sp³-hybridized carbons (Fsp3) is 0.381. The van der Waals surface area contributed by atoms with E-state index in [2.05, 4.69) is 5.32 Å². The van der Waals surface area contributed by atoms with Gasteiger partial charge in [0.05, 0.1) is 18.0 Å². The van der Waals surface area contributed by atoms with E-state index in [1.807, 2.05) is 57.2 Å². The van der Waals surface area contributed by atoms with Gasteiger partial charge >= 0.3 is 0 Å². The van der Waals surface area contributed by atoms with E-state index in [1.54, 1.807) is 19.1 Å². The van der Waals surface area contributed by atoms with E-state index in [0.29, 0.717) is 5.69 Å². The van der Waals surface area contributed by atoms with Crippen LogP contribution in [0.5, 0.6) is 5.75 Å². The predicted molar refractivity (Wildman–Crippen MR) is 112 cm³/mol. The molecule has 0 aromatic heterocycles. The molecule has 7 heteroatoms. The zero-order valence-corrected chi connectivity index (χ0v) is 17.8. The Hall–Kier alpha value is -2.54. The van der Waals surface area contributed by atoms with Crippen LogP contribution in [0.4, 0.5) is 5.69 Å². The van der Waals surface area contributed by atoms with Crippen molar-refractivity contribution in [3.63, 3.8) is 0 Å². The molecular weight excluding hydrogens is 376 g/mol. The number of hydrogen-bond donors (Lipinski definition) is 1. The molecule has 152 valence electrons. The molecular formula is C21H28N2O4S. The molecule has 1 N–H and O–H groups in total. The van der Waals surface area contributed by atoms with Crippen LogP contribution in [0.25, 0.3) is 0 Å². The van der Waals surface area contributed by atoms with Crippen LogP contribution >= 0.6 is 0 Å². The number of ether oxygens (including phenoxy) is 1. The molecule has 0 saturated carbocycles. The number of amides is 1. The number of nitrogens with one attached hydrogen (secondary N) is 1. The smallest absolute Gasteiger partial charge is 0.243 e. The summed E-state index contributed by atoms with van der Waals surface area (Å²) in [5.74, 6) is 0.376. The Morgan fingerprint density at radius 1 is 1.07 bits per heavy atom. The quantitative estimate of drug-likeness (QED) is 0.734. The van der Waals surface area contributed by atoms with Crippen LogP contribution in [0.3, 0.4) is 0 Å². The first-order valence-corrected chi connectivity index (χ1v) is 11.0. The highest BCUT2D eigenvalue weighted by Gasteiger charge is 2.29. The average Bonchev–Trinajstić information content (AvgIpc) is 2.61. The van der Waals surface area contributed by atoms with E-state index >= 15 is 0 Å². The SMILES string of the molecule is Cc1ccc(N([C@@H](C)C(=O)N[C@@H](C)COc2ccccc2C)S(C)(=O)=O)cc1. The number of para-hydroxylation sites is 1. The van der Waals surface area contributed by atoms with Gasteiger partial charge in [0, 0.05) is 0 Å². The molecule has 2 atom stereocenters. The van der Waals surface area contributed by atoms with Crippen LogP contribution in [-0.2, 0) is 14.8 Å². The van der Waals surface area contributed by atoms with Crippen LogP contribution in [0.2, 0.25) is 0 Å². The molecule has 0 radical (unpaired) electrons. The van der Waals surface area contributed by atoms with Crippen molar-refractivity contribution >= 4 is 21.6 Å². The Morgan fingerprint density at radius 2 is 1.68 bits per heavy atom. The number of nitrogens with zero attached hydrogens (tertiary/aromatic N) is 1. The third-order valence-corrected chi connectivity index (χ3v) is 5.59. The highest BCUT2D eigenvalue weighted by Crippen LogP contribution is 2.21. The lowest BCUT2D eigenvalue weighted by Crippen LogP contribution is -2.50. The van der Waals surface area contributed by atoms with Gasteiger partial charge in [0.1, 0.15) is 18.4 Å². The molecule has 0 fully saturated rings. The van der Waals surface area contributed by atoms with E-state index in [1.165, 1.54) is 0 Å². The van der Waals surface area contributed by atoms with Crippen molar-refractivity contribution in [1.82, 2.24) is 5.32 Å². The molecule has 0 unspecified atom stereocenters. The van der Waals surface area contributed by atoms with E-state index in [9.17, 15) is 13.2 Å². The zero-order chi connectivity index (χ0) is 20.9. The Balaban J connectivity index is 2.06. The highest BCUT2D eigenvalue weighted by molar-refractivity contribution is 7.92. The maximum absolute atomic E-state index is 12.7. The lowest BCUT2D eigenvalue weighted by Gasteiger charge is -2.29. The first-order valence-electron chi connectivity index (χ1n) is 9.14. The zero-order valence-electron chi connectivity index (χ0n) is 17.0. The number of sulfonamides is 1. The van der Waals surface area contributed by atoms with Crippen LogP contribution < -0.4 is 14.4 Å². The summed E-state index contributed by atoms with van der Waals surface area (Å²) in [7, 11) is -3.63. The number of carbonyl (C=O) groups excluding carboxylic acids is 1. The van der Waals surface area contributed by atoms with Crippen molar-refractivity contribution in [3.05, 3.63) is 59.7 Å². The maximum atomic E-state index is 12.7. The summed E-state index contributed by atoms with van der Waals surface area (Å²) in [5.41, 5.74) is 2.48. The van der Waals surface area contributed by atoms with Gasteiger partial charge in [0.2, 0.25) is 15.9 Å². The molecule has 6 nitrogen and oxygen atoms in total. The molecule has 28 heavy (non-hydrogen) atoms. The van der Waals surface area contributed by atoms with Gasteiger partial charge in [-0.25, -0.2) is 8.42 Å². The molecule has 2 aromatic carbocycles. The molecule has 0 saturated heterocycles. The van der Waals surface area contributed by atoms with Crippen LogP contribution in [0.15, 0.2) is 48.5 Å². The topological polar surface area (TPSA) is 75.7 Å². The largest absolute Gasteiger partial charge is 0.491 e. The standard InChI is InChI=1S/C21H28N2O4S/c1-15-10-12-19(13-11-15)23(28(5,25)26)18(4)21(24)22-17(3)14-27-20-9-7-6-8-16(20)2/h6-13,17-18H,14H2,1-5H3,(H,22,24)/t17-,18-/m0/s1. The summed E-state index contributed by atoms with van der Waals surface area (Å²) in [4.78, 5) is 12.7. The average molecular weight is 405 g/mol. The summed E-state index contributed by atoms with van der Waals surface area (Å²) in [6, 6.07) is 13.5. The second-order valence-corrected chi connectivity index (χ2v) is 8.92. The molecule has 2 rings (SSSR count). The van der Waals surface area contributed by atoms with Gasteiger partial charge in [-0.15, -0.1) is 0 Å². The van der Waals surface area contributed by atoms with Crippen molar-refractivity contribution in [2.24, 2.45) is 0 Å². The third-order valence-electron chi connectivity index (χ3n) is 4.35. The summed E-state index contributed by atoms with van der Waals surface area (Å²) in [6.45, 7) is 7.55. The molecule has 2 aromatic rings. The van der Waals surface area contributed by atoms with Crippen LogP contribution in [0, 0.1) is 13.8 Å². The summed E-state index contributed by atoms with van der Waals surface area (Å²) < 4.78 is 31.5. The van der Waals surface area contributed by atoms with Gasteiger partial charge in [-0.05, 0) is 51.5 Å². The first kappa shape index (κ1) is 21.8. The minimum Gasteiger partial charge on any atom is -0.491 e. The van der Waals surface area contributed by atoms with E-state index in [-0.39, 0.29) is 18.6 Å². The van der Waals surface area contributed by atoms with Crippen molar-refractivity contribution in [2.75, 3.05) is 17.2 Å². The fourth-order valence-corrected chi connectivity index (χ4v) is 4.01.